The lowest BCUT2D eigenvalue weighted by Crippen LogP contribution is -2.22. The highest BCUT2D eigenvalue weighted by atomic mass is 16.1. The van der Waals surface area contributed by atoms with Gasteiger partial charge in [0.2, 0.25) is 11.9 Å². The van der Waals surface area contributed by atoms with Gasteiger partial charge in [0.15, 0.2) is 0 Å². The minimum Gasteiger partial charge on any atom is -0.345 e. The number of fused-ring (bicyclic) bond motifs is 1. The maximum atomic E-state index is 12.3. The Balaban J connectivity index is 1.59. The standard InChI is InChI=1S/C24H22N4O/c1-16-7-6-10-19(13-16)26-22(29)15-25-24-27-21-12-11-17(2)14-20(21)23(28-24)18-8-4-3-5-9-18/h3-14H,15H2,1-2H3,(H,26,29)(H,25,27,28). The number of aromatic nitrogens is 2. The maximum Gasteiger partial charge on any atom is 0.243 e. The molecular formula is C24H22N4O. The SMILES string of the molecule is Cc1cccc(NC(=O)CNc2nc(-c3ccccc3)c3cc(C)ccc3n2)c1. The summed E-state index contributed by atoms with van der Waals surface area (Å²) >= 11 is 0. The summed E-state index contributed by atoms with van der Waals surface area (Å²) in [6.07, 6.45) is 0. The van der Waals surface area contributed by atoms with Crippen molar-refractivity contribution in [3.05, 3.63) is 83.9 Å². The molecule has 1 amide bonds. The Labute approximate surface area is 169 Å². The van der Waals surface area contributed by atoms with Crippen LogP contribution in [0.1, 0.15) is 11.1 Å². The van der Waals surface area contributed by atoms with E-state index in [2.05, 4.69) is 28.6 Å². The Hall–Kier alpha value is -3.73. The van der Waals surface area contributed by atoms with Crippen molar-refractivity contribution >= 4 is 28.4 Å². The van der Waals surface area contributed by atoms with Crippen molar-refractivity contribution in [2.75, 3.05) is 17.2 Å². The third-order valence-corrected chi connectivity index (χ3v) is 4.61. The van der Waals surface area contributed by atoms with E-state index in [0.29, 0.717) is 5.95 Å². The number of carbonyl (C=O) groups is 1. The van der Waals surface area contributed by atoms with Crippen molar-refractivity contribution in [3.63, 3.8) is 0 Å². The van der Waals surface area contributed by atoms with E-state index in [4.69, 9.17) is 4.98 Å². The van der Waals surface area contributed by atoms with Crippen LogP contribution in [0.4, 0.5) is 11.6 Å². The minimum absolute atomic E-state index is 0.0829. The topological polar surface area (TPSA) is 66.9 Å². The van der Waals surface area contributed by atoms with Crippen LogP contribution in [-0.2, 0) is 4.79 Å². The average Bonchev–Trinajstić information content (AvgIpc) is 2.72. The van der Waals surface area contributed by atoms with Gasteiger partial charge in [-0.05, 0) is 43.7 Å². The van der Waals surface area contributed by atoms with Gasteiger partial charge in [0.25, 0.3) is 0 Å². The molecule has 3 aromatic carbocycles. The van der Waals surface area contributed by atoms with Gasteiger partial charge in [0.1, 0.15) is 0 Å². The molecule has 4 aromatic rings. The zero-order valence-electron chi connectivity index (χ0n) is 16.4. The van der Waals surface area contributed by atoms with Gasteiger partial charge in [0, 0.05) is 16.6 Å². The van der Waals surface area contributed by atoms with Gasteiger partial charge < -0.3 is 10.6 Å². The van der Waals surface area contributed by atoms with E-state index in [-0.39, 0.29) is 12.5 Å². The van der Waals surface area contributed by atoms with Crippen LogP contribution in [-0.4, -0.2) is 22.4 Å². The van der Waals surface area contributed by atoms with E-state index in [1.54, 1.807) is 0 Å². The quantitative estimate of drug-likeness (QED) is 0.512. The Morgan fingerprint density at radius 3 is 2.45 bits per heavy atom. The van der Waals surface area contributed by atoms with Crippen LogP contribution in [0.15, 0.2) is 72.8 Å². The zero-order chi connectivity index (χ0) is 20.2. The summed E-state index contributed by atoms with van der Waals surface area (Å²) in [6, 6.07) is 23.8. The molecule has 0 atom stereocenters. The third-order valence-electron chi connectivity index (χ3n) is 4.61. The van der Waals surface area contributed by atoms with Gasteiger partial charge in [-0.25, -0.2) is 9.97 Å². The van der Waals surface area contributed by atoms with Gasteiger partial charge in [-0.2, -0.15) is 0 Å². The molecule has 5 heteroatoms. The molecule has 1 heterocycles. The lowest BCUT2D eigenvalue weighted by atomic mass is 10.0. The first-order valence-corrected chi connectivity index (χ1v) is 9.53. The number of hydrogen-bond donors (Lipinski definition) is 2. The van der Waals surface area contributed by atoms with Crippen LogP contribution < -0.4 is 10.6 Å². The molecule has 144 valence electrons. The number of benzene rings is 3. The van der Waals surface area contributed by atoms with Gasteiger partial charge in [-0.15, -0.1) is 0 Å². The second kappa shape index (κ2) is 8.10. The van der Waals surface area contributed by atoms with E-state index in [0.717, 1.165) is 39.0 Å². The smallest absolute Gasteiger partial charge is 0.243 e. The molecule has 0 aliphatic heterocycles. The maximum absolute atomic E-state index is 12.3. The van der Waals surface area contributed by atoms with E-state index >= 15 is 0 Å². The predicted octanol–water partition coefficient (Wildman–Crippen LogP) is 4.96. The van der Waals surface area contributed by atoms with Crippen LogP contribution in [0.25, 0.3) is 22.2 Å². The molecule has 0 spiro atoms. The second-order valence-electron chi connectivity index (χ2n) is 7.05. The first-order chi connectivity index (χ1) is 14.1. The van der Waals surface area contributed by atoms with Crippen molar-refractivity contribution in [3.8, 4) is 11.3 Å². The number of aryl methyl sites for hydroxylation is 2. The molecule has 1 aromatic heterocycles. The summed E-state index contributed by atoms with van der Waals surface area (Å²) in [6.45, 7) is 4.12. The molecule has 0 unspecified atom stereocenters. The van der Waals surface area contributed by atoms with Crippen molar-refractivity contribution in [1.29, 1.82) is 0 Å². The Bertz CT molecular complexity index is 1170. The number of nitrogens with one attached hydrogen (secondary N) is 2. The van der Waals surface area contributed by atoms with Gasteiger partial charge in [0.05, 0.1) is 17.8 Å². The summed E-state index contributed by atoms with van der Waals surface area (Å²) in [5.74, 6) is 0.282. The predicted molar refractivity (Wildman–Crippen MR) is 118 cm³/mol. The number of anilines is 2. The summed E-state index contributed by atoms with van der Waals surface area (Å²) in [4.78, 5) is 21.6. The van der Waals surface area contributed by atoms with Crippen LogP contribution in [0.2, 0.25) is 0 Å². The lowest BCUT2D eigenvalue weighted by Gasteiger charge is -2.11. The molecule has 0 aliphatic rings. The van der Waals surface area contributed by atoms with Gasteiger partial charge in [-0.3, -0.25) is 4.79 Å². The van der Waals surface area contributed by atoms with Crippen LogP contribution in [0.5, 0.6) is 0 Å². The first-order valence-electron chi connectivity index (χ1n) is 9.53. The number of nitrogens with zero attached hydrogens (tertiary/aromatic N) is 2. The highest BCUT2D eigenvalue weighted by Crippen LogP contribution is 2.28. The van der Waals surface area contributed by atoms with Crippen molar-refractivity contribution in [1.82, 2.24) is 9.97 Å². The molecule has 0 bridgehead atoms. The van der Waals surface area contributed by atoms with Crippen LogP contribution in [0.3, 0.4) is 0 Å². The minimum atomic E-state index is -0.149. The molecule has 0 radical (unpaired) electrons. The molecule has 29 heavy (non-hydrogen) atoms. The highest BCUT2D eigenvalue weighted by molar-refractivity contribution is 5.95. The molecule has 0 saturated carbocycles. The van der Waals surface area contributed by atoms with Crippen LogP contribution in [0, 0.1) is 13.8 Å². The second-order valence-corrected chi connectivity index (χ2v) is 7.05. The summed E-state index contributed by atoms with van der Waals surface area (Å²) in [5, 5.41) is 6.94. The molecule has 0 aliphatic carbocycles. The molecular weight excluding hydrogens is 360 g/mol. The monoisotopic (exact) mass is 382 g/mol. The largest absolute Gasteiger partial charge is 0.345 e. The van der Waals surface area contributed by atoms with E-state index in [1.807, 2.05) is 73.7 Å². The molecule has 0 saturated heterocycles. The van der Waals surface area contributed by atoms with E-state index in [1.165, 1.54) is 0 Å². The molecule has 2 N–H and O–H groups in total. The molecule has 4 rings (SSSR count). The zero-order valence-corrected chi connectivity index (χ0v) is 16.4. The summed E-state index contributed by atoms with van der Waals surface area (Å²) < 4.78 is 0. The summed E-state index contributed by atoms with van der Waals surface area (Å²) in [7, 11) is 0. The fourth-order valence-electron chi connectivity index (χ4n) is 3.22. The van der Waals surface area contributed by atoms with Crippen molar-refractivity contribution < 1.29 is 4.79 Å². The van der Waals surface area contributed by atoms with Crippen molar-refractivity contribution in [2.45, 2.75) is 13.8 Å². The van der Waals surface area contributed by atoms with Crippen LogP contribution >= 0.6 is 0 Å². The normalized spacial score (nSPS) is 10.7. The highest BCUT2D eigenvalue weighted by Gasteiger charge is 2.11. The Kier molecular flexibility index (Phi) is 5.20. The first kappa shape index (κ1) is 18.6. The van der Waals surface area contributed by atoms with E-state index in [9.17, 15) is 4.79 Å². The summed E-state index contributed by atoms with van der Waals surface area (Å²) in [5.41, 5.74) is 5.72. The number of amides is 1. The van der Waals surface area contributed by atoms with Crippen molar-refractivity contribution in [2.24, 2.45) is 0 Å². The Morgan fingerprint density at radius 2 is 1.66 bits per heavy atom. The number of hydrogen-bond acceptors (Lipinski definition) is 4. The van der Waals surface area contributed by atoms with Gasteiger partial charge >= 0.3 is 0 Å². The fraction of sp³-hybridized carbons (Fsp3) is 0.125. The molecule has 5 nitrogen and oxygen atoms in total. The average molecular weight is 382 g/mol. The Morgan fingerprint density at radius 1 is 0.862 bits per heavy atom. The lowest BCUT2D eigenvalue weighted by molar-refractivity contribution is -0.114. The third kappa shape index (κ3) is 4.41. The van der Waals surface area contributed by atoms with Gasteiger partial charge in [-0.1, -0.05) is 54.1 Å². The number of carbonyl (C=O) groups excluding carboxylic acids is 1. The van der Waals surface area contributed by atoms with E-state index < -0.39 is 0 Å². The number of rotatable bonds is 5. The fourth-order valence-corrected chi connectivity index (χ4v) is 3.22. The molecule has 0 fully saturated rings.